The standard InChI is InChI=1S/C17H26N2O3/c1-10(2)13-9-7-8-12(5)15(13)19-17(21)18-14(11(3)4)16(20)22-6/h7-11,14H,1-6H3,(H2,18,19,21). The lowest BCUT2D eigenvalue weighted by Gasteiger charge is -2.22. The molecule has 0 heterocycles. The van der Waals surface area contributed by atoms with Crippen molar-refractivity contribution in [2.24, 2.45) is 5.92 Å². The van der Waals surface area contributed by atoms with Gasteiger partial charge in [-0.1, -0.05) is 45.9 Å². The third-order valence-corrected chi connectivity index (χ3v) is 3.57. The minimum atomic E-state index is -0.670. The summed E-state index contributed by atoms with van der Waals surface area (Å²) in [7, 11) is 1.31. The van der Waals surface area contributed by atoms with Gasteiger partial charge in [-0.25, -0.2) is 9.59 Å². The van der Waals surface area contributed by atoms with Gasteiger partial charge in [-0.3, -0.25) is 0 Å². The number of benzene rings is 1. The van der Waals surface area contributed by atoms with Crippen LogP contribution in [0.4, 0.5) is 10.5 Å². The number of carbonyl (C=O) groups excluding carboxylic acids is 2. The largest absolute Gasteiger partial charge is 0.467 e. The van der Waals surface area contributed by atoms with E-state index in [0.29, 0.717) is 0 Å². The zero-order valence-electron chi connectivity index (χ0n) is 14.2. The van der Waals surface area contributed by atoms with Crippen LogP contribution in [0.3, 0.4) is 0 Å². The Labute approximate surface area is 132 Å². The van der Waals surface area contributed by atoms with E-state index in [1.54, 1.807) is 0 Å². The Bertz CT molecular complexity index is 539. The molecule has 5 heteroatoms. The number of aryl methyl sites for hydroxylation is 1. The van der Waals surface area contributed by atoms with Crippen LogP contribution in [-0.4, -0.2) is 25.2 Å². The lowest BCUT2D eigenvalue weighted by Crippen LogP contribution is -2.46. The molecule has 0 spiro atoms. The van der Waals surface area contributed by atoms with Gasteiger partial charge in [-0.05, 0) is 29.9 Å². The number of hydrogen-bond donors (Lipinski definition) is 2. The van der Waals surface area contributed by atoms with Crippen molar-refractivity contribution in [1.82, 2.24) is 5.32 Å². The van der Waals surface area contributed by atoms with Crippen LogP contribution >= 0.6 is 0 Å². The Hall–Kier alpha value is -2.04. The summed E-state index contributed by atoms with van der Waals surface area (Å²) < 4.78 is 4.73. The van der Waals surface area contributed by atoms with E-state index in [0.717, 1.165) is 16.8 Å². The van der Waals surface area contributed by atoms with Crippen LogP contribution < -0.4 is 10.6 Å². The third-order valence-electron chi connectivity index (χ3n) is 3.57. The Kier molecular flexibility index (Phi) is 6.40. The highest BCUT2D eigenvalue weighted by Crippen LogP contribution is 2.27. The highest BCUT2D eigenvalue weighted by molar-refractivity contribution is 5.94. The van der Waals surface area contributed by atoms with E-state index < -0.39 is 18.0 Å². The molecule has 0 bridgehead atoms. The van der Waals surface area contributed by atoms with Gasteiger partial charge >= 0.3 is 12.0 Å². The summed E-state index contributed by atoms with van der Waals surface area (Å²) in [5.74, 6) is -0.213. The van der Waals surface area contributed by atoms with Gasteiger partial charge in [0.2, 0.25) is 0 Å². The molecule has 0 saturated heterocycles. The normalized spacial score (nSPS) is 12.2. The van der Waals surface area contributed by atoms with E-state index >= 15 is 0 Å². The fraction of sp³-hybridized carbons (Fsp3) is 0.529. The van der Waals surface area contributed by atoms with Crippen LogP contribution in [0.2, 0.25) is 0 Å². The number of para-hydroxylation sites is 1. The summed E-state index contributed by atoms with van der Waals surface area (Å²) in [6.45, 7) is 9.80. The molecule has 5 nitrogen and oxygen atoms in total. The van der Waals surface area contributed by atoms with Gasteiger partial charge < -0.3 is 15.4 Å². The maximum absolute atomic E-state index is 12.2. The molecule has 1 unspecified atom stereocenters. The van der Waals surface area contributed by atoms with Gasteiger partial charge in [0.1, 0.15) is 6.04 Å². The summed E-state index contributed by atoms with van der Waals surface area (Å²) in [4.78, 5) is 24.0. The van der Waals surface area contributed by atoms with Gasteiger partial charge in [-0.2, -0.15) is 0 Å². The number of rotatable bonds is 5. The van der Waals surface area contributed by atoms with E-state index in [4.69, 9.17) is 4.74 Å². The zero-order valence-corrected chi connectivity index (χ0v) is 14.2. The topological polar surface area (TPSA) is 67.4 Å². The lowest BCUT2D eigenvalue weighted by atomic mass is 9.98. The molecule has 1 aromatic carbocycles. The number of urea groups is 1. The average molecular weight is 306 g/mol. The predicted octanol–water partition coefficient (Wildman–Crippen LogP) is 3.44. The molecule has 0 aliphatic rings. The molecule has 1 rings (SSSR count). The molecule has 2 N–H and O–H groups in total. The monoisotopic (exact) mass is 306 g/mol. The van der Waals surface area contributed by atoms with E-state index in [1.165, 1.54) is 7.11 Å². The molecular formula is C17H26N2O3. The first kappa shape index (κ1) is 18.0. The van der Waals surface area contributed by atoms with Gasteiger partial charge in [0, 0.05) is 5.69 Å². The Morgan fingerprint density at radius 1 is 1.14 bits per heavy atom. The SMILES string of the molecule is COC(=O)C(NC(=O)Nc1c(C)cccc1C(C)C)C(C)C. The van der Waals surface area contributed by atoms with Crippen molar-refractivity contribution in [3.8, 4) is 0 Å². The zero-order chi connectivity index (χ0) is 16.9. The summed E-state index contributed by atoms with van der Waals surface area (Å²) in [6.07, 6.45) is 0. The summed E-state index contributed by atoms with van der Waals surface area (Å²) in [6, 6.07) is 4.84. The first-order valence-corrected chi connectivity index (χ1v) is 7.52. The second-order valence-corrected chi connectivity index (χ2v) is 6.04. The van der Waals surface area contributed by atoms with Crippen molar-refractivity contribution < 1.29 is 14.3 Å². The number of nitrogens with one attached hydrogen (secondary N) is 2. The first-order chi connectivity index (χ1) is 10.3. The molecule has 122 valence electrons. The molecule has 0 aromatic heterocycles. The molecule has 0 aliphatic heterocycles. The van der Waals surface area contributed by atoms with Gasteiger partial charge in [0.05, 0.1) is 7.11 Å². The highest BCUT2D eigenvalue weighted by atomic mass is 16.5. The maximum atomic E-state index is 12.2. The molecule has 0 saturated carbocycles. The smallest absolute Gasteiger partial charge is 0.328 e. The van der Waals surface area contributed by atoms with Crippen LogP contribution in [0.5, 0.6) is 0 Å². The second kappa shape index (κ2) is 7.82. The Balaban J connectivity index is 2.91. The van der Waals surface area contributed by atoms with E-state index in [2.05, 4.69) is 24.5 Å². The fourth-order valence-electron chi connectivity index (χ4n) is 2.26. The van der Waals surface area contributed by atoms with Crippen LogP contribution in [0.15, 0.2) is 18.2 Å². The molecule has 1 atom stereocenters. The number of methoxy groups -OCH3 is 1. The third kappa shape index (κ3) is 4.48. The fourth-order valence-corrected chi connectivity index (χ4v) is 2.26. The van der Waals surface area contributed by atoms with Crippen molar-refractivity contribution in [1.29, 1.82) is 0 Å². The van der Waals surface area contributed by atoms with Crippen LogP contribution in [-0.2, 0) is 9.53 Å². The average Bonchev–Trinajstić information content (AvgIpc) is 2.45. The Morgan fingerprint density at radius 3 is 2.27 bits per heavy atom. The molecule has 0 radical (unpaired) electrons. The lowest BCUT2D eigenvalue weighted by molar-refractivity contribution is -0.143. The van der Waals surface area contributed by atoms with Crippen molar-refractivity contribution in [2.45, 2.75) is 46.6 Å². The molecule has 22 heavy (non-hydrogen) atoms. The summed E-state index contributed by atoms with van der Waals surface area (Å²) in [5, 5.41) is 5.55. The van der Waals surface area contributed by atoms with Gasteiger partial charge in [0.15, 0.2) is 0 Å². The van der Waals surface area contributed by atoms with E-state index in [-0.39, 0.29) is 11.8 Å². The highest BCUT2D eigenvalue weighted by Gasteiger charge is 2.25. The molecule has 1 aromatic rings. The Morgan fingerprint density at radius 2 is 1.77 bits per heavy atom. The molecule has 2 amide bonds. The van der Waals surface area contributed by atoms with Gasteiger partial charge in [0.25, 0.3) is 0 Å². The van der Waals surface area contributed by atoms with Crippen molar-refractivity contribution in [3.63, 3.8) is 0 Å². The van der Waals surface area contributed by atoms with E-state index in [9.17, 15) is 9.59 Å². The number of amides is 2. The number of carbonyl (C=O) groups is 2. The van der Waals surface area contributed by atoms with Crippen LogP contribution in [0.1, 0.15) is 44.7 Å². The molecule has 0 aliphatic carbocycles. The number of ether oxygens (including phenoxy) is 1. The minimum Gasteiger partial charge on any atom is -0.467 e. The van der Waals surface area contributed by atoms with Gasteiger partial charge in [-0.15, -0.1) is 0 Å². The number of hydrogen-bond acceptors (Lipinski definition) is 3. The predicted molar refractivity (Wildman–Crippen MR) is 88.1 cm³/mol. The summed E-state index contributed by atoms with van der Waals surface area (Å²) in [5.41, 5.74) is 2.84. The van der Waals surface area contributed by atoms with E-state index in [1.807, 2.05) is 39.0 Å². The maximum Gasteiger partial charge on any atom is 0.328 e. The van der Waals surface area contributed by atoms with Crippen molar-refractivity contribution >= 4 is 17.7 Å². The van der Waals surface area contributed by atoms with Crippen molar-refractivity contribution in [3.05, 3.63) is 29.3 Å². The van der Waals surface area contributed by atoms with Crippen LogP contribution in [0, 0.1) is 12.8 Å². The first-order valence-electron chi connectivity index (χ1n) is 7.52. The molecule has 0 fully saturated rings. The number of anilines is 1. The second-order valence-electron chi connectivity index (χ2n) is 6.04. The summed E-state index contributed by atoms with van der Waals surface area (Å²) >= 11 is 0. The van der Waals surface area contributed by atoms with Crippen LogP contribution in [0.25, 0.3) is 0 Å². The number of esters is 1. The minimum absolute atomic E-state index is 0.0559. The quantitative estimate of drug-likeness (QED) is 0.819. The molecular weight excluding hydrogens is 280 g/mol. The van der Waals surface area contributed by atoms with Crippen molar-refractivity contribution in [2.75, 3.05) is 12.4 Å².